The fourth-order valence-corrected chi connectivity index (χ4v) is 3.00. The van der Waals surface area contributed by atoms with E-state index in [0.29, 0.717) is 12.8 Å². The number of hydrogen-bond acceptors (Lipinski definition) is 2. The van der Waals surface area contributed by atoms with Gasteiger partial charge in [0.15, 0.2) is 0 Å². The maximum Gasteiger partial charge on any atom is 0.392 e. The molecule has 3 atom stereocenters. The van der Waals surface area contributed by atoms with Crippen LogP contribution in [0.5, 0.6) is 0 Å². The van der Waals surface area contributed by atoms with Crippen molar-refractivity contribution in [2.45, 2.75) is 37.9 Å². The minimum absolute atomic E-state index is 0.0341. The van der Waals surface area contributed by atoms with Crippen LogP contribution in [0.3, 0.4) is 0 Å². The normalized spacial score (nSPS) is 23.8. The summed E-state index contributed by atoms with van der Waals surface area (Å²) in [5.41, 5.74) is 6.80. The van der Waals surface area contributed by atoms with Crippen molar-refractivity contribution < 1.29 is 18.0 Å². The molecular formula is C16H21F3N2O. The maximum absolute atomic E-state index is 13.0. The smallest absolute Gasteiger partial charge is 0.354 e. The van der Waals surface area contributed by atoms with Gasteiger partial charge in [-0.3, -0.25) is 4.79 Å². The van der Waals surface area contributed by atoms with Crippen LogP contribution in [0.25, 0.3) is 0 Å². The van der Waals surface area contributed by atoms with E-state index in [9.17, 15) is 18.0 Å². The summed E-state index contributed by atoms with van der Waals surface area (Å²) < 4.78 is 39.0. The van der Waals surface area contributed by atoms with Gasteiger partial charge in [0.25, 0.3) is 0 Å². The quantitative estimate of drug-likeness (QED) is 0.897. The number of benzene rings is 1. The summed E-state index contributed by atoms with van der Waals surface area (Å²) in [6.45, 7) is 0.143. The monoisotopic (exact) mass is 314 g/mol. The lowest BCUT2D eigenvalue weighted by Crippen LogP contribution is -2.44. The Hall–Kier alpha value is -1.56. The van der Waals surface area contributed by atoms with Crippen LogP contribution in [-0.4, -0.2) is 18.6 Å². The number of halogens is 3. The molecule has 0 aliphatic heterocycles. The molecule has 1 fully saturated rings. The Bertz CT molecular complexity index is 490. The summed E-state index contributed by atoms with van der Waals surface area (Å²) in [6, 6.07) is 8.75. The van der Waals surface area contributed by atoms with Crippen molar-refractivity contribution in [1.82, 2.24) is 5.32 Å². The lowest BCUT2D eigenvalue weighted by molar-refractivity contribution is -0.198. The predicted octanol–water partition coefficient (Wildman–Crippen LogP) is 3.17. The summed E-state index contributed by atoms with van der Waals surface area (Å²) in [7, 11) is 0. The van der Waals surface area contributed by atoms with Gasteiger partial charge in [-0.1, -0.05) is 43.2 Å². The molecule has 1 aliphatic carbocycles. The number of carbonyl (C=O) groups excluding carboxylic acids is 1. The number of alkyl halides is 3. The second-order valence-corrected chi connectivity index (χ2v) is 5.80. The molecule has 6 heteroatoms. The van der Waals surface area contributed by atoms with Crippen LogP contribution in [0.4, 0.5) is 13.2 Å². The molecule has 1 aliphatic rings. The van der Waals surface area contributed by atoms with E-state index < -0.39 is 30.0 Å². The molecule has 1 aromatic carbocycles. The first-order valence-corrected chi connectivity index (χ1v) is 7.54. The Morgan fingerprint density at radius 2 is 1.86 bits per heavy atom. The van der Waals surface area contributed by atoms with E-state index in [-0.39, 0.29) is 19.4 Å². The highest BCUT2D eigenvalue weighted by Gasteiger charge is 2.47. The van der Waals surface area contributed by atoms with Crippen LogP contribution < -0.4 is 11.1 Å². The van der Waals surface area contributed by atoms with Gasteiger partial charge in [-0.2, -0.15) is 13.2 Å². The highest BCUT2D eigenvalue weighted by atomic mass is 19.4. The number of nitrogens with one attached hydrogen (secondary N) is 1. The van der Waals surface area contributed by atoms with Gasteiger partial charge in [0, 0.05) is 18.5 Å². The topological polar surface area (TPSA) is 55.1 Å². The number of hydrogen-bond donors (Lipinski definition) is 2. The Balaban J connectivity index is 1.93. The first-order valence-electron chi connectivity index (χ1n) is 7.54. The molecule has 0 bridgehead atoms. The highest BCUT2D eigenvalue weighted by molar-refractivity contribution is 5.79. The van der Waals surface area contributed by atoms with E-state index in [1.54, 1.807) is 0 Å². The molecule has 1 aromatic rings. The van der Waals surface area contributed by atoms with E-state index in [4.69, 9.17) is 5.73 Å². The molecule has 1 saturated carbocycles. The van der Waals surface area contributed by atoms with Crippen molar-refractivity contribution in [2.24, 2.45) is 17.6 Å². The summed E-state index contributed by atoms with van der Waals surface area (Å²) in [6.07, 6.45) is -2.81. The number of carbonyl (C=O) groups is 1. The molecule has 1 amide bonds. The maximum atomic E-state index is 13.0. The Morgan fingerprint density at radius 3 is 2.50 bits per heavy atom. The lowest BCUT2D eigenvalue weighted by atomic mass is 9.78. The van der Waals surface area contributed by atoms with Crippen LogP contribution in [-0.2, 0) is 4.79 Å². The number of rotatable bonds is 4. The lowest BCUT2D eigenvalue weighted by Gasteiger charge is -2.32. The van der Waals surface area contributed by atoms with Crippen molar-refractivity contribution in [2.75, 3.05) is 6.54 Å². The first kappa shape index (κ1) is 16.8. The minimum atomic E-state index is -4.32. The molecule has 0 radical (unpaired) electrons. The fraction of sp³-hybridized carbons (Fsp3) is 0.562. The van der Waals surface area contributed by atoms with Crippen LogP contribution in [0.15, 0.2) is 30.3 Å². The van der Waals surface area contributed by atoms with Crippen molar-refractivity contribution in [3.63, 3.8) is 0 Å². The summed E-state index contributed by atoms with van der Waals surface area (Å²) in [4.78, 5) is 12.1. The van der Waals surface area contributed by atoms with E-state index >= 15 is 0 Å². The van der Waals surface area contributed by atoms with Crippen LogP contribution in [0, 0.1) is 11.8 Å². The van der Waals surface area contributed by atoms with Crippen molar-refractivity contribution >= 4 is 5.91 Å². The molecule has 2 rings (SSSR count). The van der Waals surface area contributed by atoms with Gasteiger partial charge >= 0.3 is 6.18 Å². The minimum Gasteiger partial charge on any atom is -0.354 e. The van der Waals surface area contributed by atoms with E-state index in [0.717, 1.165) is 5.56 Å². The van der Waals surface area contributed by atoms with Gasteiger partial charge in [0.2, 0.25) is 5.91 Å². The largest absolute Gasteiger partial charge is 0.392 e. The molecule has 0 aromatic heterocycles. The predicted molar refractivity (Wildman–Crippen MR) is 77.9 cm³/mol. The highest BCUT2D eigenvalue weighted by Crippen LogP contribution is 2.41. The molecular weight excluding hydrogens is 293 g/mol. The van der Waals surface area contributed by atoms with Crippen molar-refractivity contribution in [3.8, 4) is 0 Å². The summed E-state index contributed by atoms with van der Waals surface area (Å²) >= 11 is 0. The van der Waals surface area contributed by atoms with Gasteiger partial charge in [-0.15, -0.1) is 0 Å². The zero-order chi connectivity index (χ0) is 16.2. The summed E-state index contributed by atoms with van der Waals surface area (Å²) in [5, 5.41) is 2.59. The van der Waals surface area contributed by atoms with Crippen molar-refractivity contribution in [1.29, 1.82) is 0 Å². The van der Waals surface area contributed by atoms with Gasteiger partial charge in [0.1, 0.15) is 0 Å². The average Bonchev–Trinajstić information content (AvgIpc) is 2.52. The number of amides is 1. The second kappa shape index (κ2) is 7.13. The first-order chi connectivity index (χ1) is 10.4. The Morgan fingerprint density at radius 1 is 1.23 bits per heavy atom. The molecule has 3 unspecified atom stereocenters. The van der Waals surface area contributed by atoms with Crippen LogP contribution in [0.2, 0.25) is 0 Å². The Kier molecular flexibility index (Phi) is 5.45. The zero-order valence-corrected chi connectivity index (χ0v) is 12.3. The van der Waals surface area contributed by atoms with Gasteiger partial charge in [0.05, 0.1) is 5.92 Å². The van der Waals surface area contributed by atoms with E-state index in [2.05, 4.69) is 5.32 Å². The van der Waals surface area contributed by atoms with Gasteiger partial charge in [-0.25, -0.2) is 0 Å². The third-order valence-electron chi connectivity index (χ3n) is 4.25. The third kappa shape index (κ3) is 4.22. The van der Waals surface area contributed by atoms with Crippen LogP contribution >= 0.6 is 0 Å². The molecule has 0 heterocycles. The zero-order valence-electron chi connectivity index (χ0n) is 12.3. The average molecular weight is 314 g/mol. The fourth-order valence-electron chi connectivity index (χ4n) is 3.00. The third-order valence-corrected chi connectivity index (χ3v) is 4.25. The molecule has 0 saturated heterocycles. The van der Waals surface area contributed by atoms with Crippen LogP contribution in [0.1, 0.15) is 37.3 Å². The molecule has 22 heavy (non-hydrogen) atoms. The van der Waals surface area contributed by atoms with Crippen molar-refractivity contribution in [3.05, 3.63) is 35.9 Å². The van der Waals surface area contributed by atoms with Gasteiger partial charge < -0.3 is 11.1 Å². The van der Waals surface area contributed by atoms with E-state index in [1.165, 1.54) is 0 Å². The SMILES string of the molecule is NC(CNC(=O)C1CCCCC1C(F)(F)F)c1ccccc1. The molecule has 0 spiro atoms. The molecule has 122 valence electrons. The summed E-state index contributed by atoms with van der Waals surface area (Å²) in [5.74, 6) is -3.06. The molecule has 3 nitrogen and oxygen atoms in total. The Labute approximate surface area is 128 Å². The number of nitrogens with two attached hydrogens (primary N) is 1. The second-order valence-electron chi connectivity index (χ2n) is 5.80. The van der Waals surface area contributed by atoms with E-state index in [1.807, 2.05) is 30.3 Å². The standard InChI is InChI=1S/C16H21F3N2O/c17-16(18,19)13-9-5-4-8-12(13)15(22)21-10-14(20)11-6-2-1-3-7-11/h1-3,6-7,12-14H,4-5,8-10,20H2,(H,21,22). The molecule has 3 N–H and O–H groups in total. The van der Waals surface area contributed by atoms with Gasteiger partial charge in [-0.05, 0) is 18.4 Å².